The van der Waals surface area contributed by atoms with Gasteiger partial charge in [-0.3, -0.25) is 4.57 Å². The van der Waals surface area contributed by atoms with E-state index in [0.717, 1.165) is 0 Å². The van der Waals surface area contributed by atoms with Crippen LogP contribution in [0.3, 0.4) is 0 Å². The second-order valence-electron chi connectivity index (χ2n) is 4.32. The van der Waals surface area contributed by atoms with Crippen LogP contribution in [-0.2, 0) is 15.8 Å². The van der Waals surface area contributed by atoms with E-state index < -0.39 is 18.9 Å². The third kappa shape index (κ3) is 4.95. The molecular weight excluding hydrogens is 259 g/mol. The van der Waals surface area contributed by atoms with Crippen molar-refractivity contribution >= 4 is 13.1 Å². The fraction of sp³-hybridized carbons (Fsp3) is 0.667. The Labute approximate surface area is 104 Å². The van der Waals surface area contributed by atoms with E-state index >= 15 is 0 Å². The van der Waals surface area contributed by atoms with Gasteiger partial charge in [0.05, 0.1) is 25.6 Å². The lowest BCUT2D eigenvalue weighted by Gasteiger charge is -2.17. The first kappa shape index (κ1) is 14.8. The summed E-state index contributed by atoms with van der Waals surface area (Å²) in [4.78, 5) is 18.6. The van der Waals surface area contributed by atoms with Crippen molar-refractivity contribution in [2.75, 3.05) is 32.0 Å². The number of nitrogen functional groups attached to an aromatic ring is 1. The quantitative estimate of drug-likeness (QED) is 0.651. The van der Waals surface area contributed by atoms with Crippen molar-refractivity contribution in [3.05, 3.63) is 16.8 Å². The minimum absolute atomic E-state index is 0.0445. The largest absolute Gasteiger partial charge is 0.394 e. The number of anilines is 1. The normalized spacial score (nSPS) is 13.5. The summed E-state index contributed by atoms with van der Waals surface area (Å²) >= 11 is 0. The first-order chi connectivity index (χ1) is 8.31. The summed E-state index contributed by atoms with van der Waals surface area (Å²) in [6.45, 7) is 2.95. The number of aliphatic hydroxyl groups excluding tert-OH is 1. The zero-order valence-electron chi connectivity index (χ0n) is 10.3. The lowest BCUT2D eigenvalue weighted by Crippen LogP contribution is -2.32. The Morgan fingerprint density at radius 1 is 1.61 bits per heavy atom. The number of aromatic nitrogens is 3. The van der Waals surface area contributed by atoms with Gasteiger partial charge in [-0.15, -0.1) is 0 Å². The third-order valence-corrected chi connectivity index (χ3v) is 2.78. The van der Waals surface area contributed by atoms with Crippen LogP contribution in [0, 0.1) is 0 Å². The standard InChI is InChI=1S/C9H17N4O4P/c1-18(2,16)6-17-7(4-14)3-13-5-11-8(10)12-9(13)15/h5,7,14H,3-4,6H2,1-2H3,(H2,10,12,15)/t7-/m0/s1. The molecule has 8 nitrogen and oxygen atoms in total. The highest BCUT2D eigenvalue weighted by molar-refractivity contribution is 7.62. The zero-order chi connectivity index (χ0) is 13.8. The average molecular weight is 276 g/mol. The second-order valence-corrected chi connectivity index (χ2v) is 7.73. The maximum atomic E-state index is 11.5. The molecule has 102 valence electrons. The summed E-state index contributed by atoms with van der Waals surface area (Å²) in [6, 6.07) is 0. The number of ether oxygens (including phenoxy) is 1. The van der Waals surface area contributed by atoms with Crippen LogP contribution < -0.4 is 11.4 Å². The summed E-state index contributed by atoms with van der Waals surface area (Å²) in [6.07, 6.45) is 0.639. The Morgan fingerprint density at radius 2 is 2.28 bits per heavy atom. The number of rotatable bonds is 6. The molecule has 0 saturated heterocycles. The van der Waals surface area contributed by atoms with Crippen LogP contribution in [-0.4, -0.2) is 52.0 Å². The average Bonchev–Trinajstić information content (AvgIpc) is 2.25. The lowest BCUT2D eigenvalue weighted by molar-refractivity contribution is 0.0247. The van der Waals surface area contributed by atoms with Crippen LogP contribution in [0.25, 0.3) is 0 Å². The molecule has 0 aliphatic heterocycles. The van der Waals surface area contributed by atoms with E-state index in [0.29, 0.717) is 0 Å². The summed E-state index contributed by atoms with van der Waals surface area (Å²) in [5.41, 5.74) is 4.68. The second kappa shape index (κ2) is 6.08. The van der Waals surface area contributed by atoms with Crippen LogP contribution in [0.15, 0.2) is 11.1 Å². The molecule has 0 unspecified atom stereocenters. The number of nitrogens with two attached hydrogens (primary N) is 1. The van der Waals surface area contributed by atoms with Crippen molar-refractivity contribution in [1.29, 1.82) is 0 Å². The molecule has 9 heteroatoms. The summed E-state index contributed by atoms with van der Waals surface area (Å²) in [7, 11) is -2.33. The molecule has 0 saturated carbocycles. The van der Waals surface area contributed by atoms with Crippen LogP contribution in [0.5, 0.6) is 0 Å². The first-order valence-electron chi connectivity index (χ1n) is 5.27. The van der Waals surface area contributed by atoms with Crippen LogP contribution in [0.1, 0.15) is 0 Å². The molecule has 0 aliphatic rings. The van der Waals surface area contributed by atoms with Gasteiger partial charge in [0.1, 0.15) is 13.5 Å². The van der Waals surface area contributed by atoms with Gasteiger partial charge in [-0.1, -0.05) is 0 Å². The highest BCUT2D eigenvalue weighted by Gasteiger charge is 2.15. The molecule has 0 bridgehead atoms. The van der Waals surface area contributed by atoms with Gasteiger partial charge in [0.15, 0.2) is 0 Å². The molecule has 1 atom stereocenters. The van der Waals surface area contributed by atoms with Gasteiger partial charge in [0.2, 0.25) is 5.95 Å². The molecule has 0 aromatic carbocycles. The summed E-state index contributed by atoms with van der Waals surface area (Å²) in [5, 5.41) is 9.13. The minimum atomic E-state index is -2.33. The zero-order valence-corrected chi connectivity index (χ0v) is 11.2. The van der Waals surface area contributed by atoms with E-state index in [4.69, 9.17) is 15.6 Å². The van der Waals surface area contributed by atoms with Crippen molar-refractivity contribution in [2.45, 2.75) is 12.6 Å². The Kier molecular flexibility index (Phi) is 5.01. The number of hydrogen-bond acceptors (Lipinski definition) is 7. The first-order valence-corrected chi connectivity index (χ1v) is 8.06. The fourth-order valence-corrected chi connectivity index (χ4v) is 1.73. The van der Waals surface area contributed by atoms with Crippen molar-refractivity contribution in [2.24, 2.45) is 0 Å². The van der Waals surface area contributed by atoms with Gasteiger partial charge >= 0.3 is 5.69 Å². The van der Waals surface area contributed by atoms with Gasteiger partial charge in [-0.2, -0.15) is 4.98 Å². The van der Waals surface area contributed by atoms with E-state index in [1.165, 1.54) is 10.9 Å². The molecule has 1 heterocycles. The Morgan fingerprint density at radius 3 is 2.78 bits per heavy atom. The van der Waals surface area contributed by atoms with E-state index in [-0.39, 0.29) is 25.4 Å². The van der Waals surface area contributed by atoms with E-state index in [1.54, 1.807) is 13.3 Å². The van der Waals surface area contributed by atoms with Gasteiger partial charge < -0.3 is 20.1 Å². The van der Waals surface area contributed by atoms with Gasteiger partial charge in [-0.25, -0.2) is 9.78 Å². The summed E-state index contributed by atoms with van der Waals surface area (Å²) in [5.74, 6) is -0.107. The van der Waals surface area contributed by atoms with Gasteiger partial charge in [0.25, 0.3) is 0 Å². The Bertz CT molecular complexity index is 498. The third-order valence-electron chi connectivity index (χ3n) is 2.01. The minimum Gasteiger partial charge on any atom is -0.394 e. The van der Waals surface area contributed by atoms with Crippen molar-refractivity contribution in [3.63, 3.8) is 0 Å². The highest BCUT2D eigenvalue weighted by Crippen LogP contribution is 2.35. The highest BCUT2D eigenvalue weighted by atomic mass is 31.2. The van der Waals surface area contributed by atoms with Crippen LogP contribution >= 0.6 is 7.14 Å². The Balaban J connectivity index is 2.68. The molecule has 0 fully saturated rings. The maximum absolute atomic E-state index is 11.5. The van der Waals surface area contributed by atoms with Gasteiger partial charge in [-0.05, 0) is 13.3 Å². The smallest absolute Gasteiger partial charge is 0.352 e. The molecule has 0 radical (unpaired) electrons. The predicted molar refractivity (Wildman–Crippen MR) is 67.0 cm³/mol. The SMILES string of the molecule is CP(C)(=O)CO[C@H](CO)Cn1cnc(N)nc1=O. The molecule has 0 spiro atoms. The van der Waals surface area contributed by atoms with Crippen LogP contribution in [0.2, 0.25) is 0 Å². The monoisotopic (exact) mass is 276 g/mol. The van der Waals surface area contributed by atoms with E-state index in [1.807, 2.05) is 0 Å². The molecule has 0 amide bonds. The fourth-order valence-electron chi connectivity index (χ4n) is 1.16. The number of hydrogen-bond donors (Lipinski definition) is 2. The van der Waals surface area contributed by atoms with Crippen LogP contribution in [0.4, 0.5) is 5.95 Å². The van der Waals surface area contributed by atoms with Crippen molar-refractivity contribution < 1.29 is 14.4 Å². The van der Waals surface area contributed by atoms with E-state index in [2.05, 4.69) is 9.97 Å². The van der Waals surface area contributed by atoms with Crippen molar-refractivity contribution in [3.8, 4) is 0 Å². The molecule has 1 aromatic rings. The number of nitrogens with zero attached hydrogens (tertiary/aromatic N) is 3. The molecule has 1 aromatic heterocycles. The topological polar surface area (TPSA) is 120 Å². The Hall–Kier alpha value is -1.24. The summed E-state index contributed by atoms with van der Waals surface area (Å²) < 4.78 is 17.9. The lowest BCUT2D eigenvalue weighted by atomic mass is 10.4. The molecule has 3 N–H and O–H groups in total. The molecule has 18 heavy (non-hydrogen) atoms. The maximum Gasteiger partial charge on any atom is 0.352 e. The van der Waals surface area contributed by atoms with Crippen molar-refractivity contribution in [1.82, 2.24) is 14.5 Å². The van der Waals surface area contributed by atoms with Gasteiger partial charge in [0, 0.05) is 0 Å². The van der Waals surface area contributed by atoms with E-state index in [9.17, 15) is 9.36 Å². The molecule has 0 aliphatic carbocycles. The number of aliphatic hydroxyl groups is 1. The molecular formula is C9H17N4O4P. The predicted octanol–water partition coefficient (Wildman–Crippen LogP) is -0.822. The molecule has 1 rings (SSSR count).